The van der Waals surface area contributed by atoms with Crippen LogP contribution in [0, 0.1) is 0 Å². The summed E-state index contributed by atoms with van der Waals surface area (Å²) in [6, 6.07) is 21.0. The highest BCUT2D eigenvalue weighted by Gasteiger charge is 2.11. The number of aromatic nitrogens is 1. The van der Waals surface area contributed by atoms with E-state index in [2.05, 4.69) is 9.98 Å². The third kappa shape index (κ3) is 3.00. The number of nitrogens with two attached hydrogens (primary N) is 1. The second-order valence-electron chi connectivity index (χ2n) is 4.72. The lowest BCUT2D eigenvalue weighted by Crippen LogP contribution is -2.06. The van der Waals surface area contributed by atoms with Gasteiger partial charge >= 0.3 is 0 Å². The average molecular weight is 308 g/mol. The SMILES string of the molecule is Nc1ccccc1C(=Nc1ncccc1Cl)c1ccccc1. The van der Waals surface area contributed by atoms with Gasteiger partial charge in [0.25, 0.3) is 0 Å². The number of nitrogens with zero attached hydrogens (tertiary/aromatic N) is 2. The van der Waals surface area contributed by atoms with Gasteiger partial charge in [-0.1, -0.05) is 60.1 Å². The number of pyridine rings is 1. The van der Waals surface area contributed by atoms with Crippen molar-refractivity contribution in [3.63, 3.8) is 0 Å². The second-order valence-corrected chi connectivity index (χ2v) is 5.13. The molecule has 0 saturated heterocycles. The molecule has 0 saturated carbocycles. The first-order chi connectivity index (χ1) is 10.8. The van der Waals surface area contributed by atoms with Gasteiger partial charge in [0.15, 0.2) is 5.82 Å². The molecule has 0 bridgehead atoms. The van der Waals surface area contributed by atoms with E-state index in [0.29, 0.717) is 16.5 Å². The van der Waals surface area contributed by atoms with E-state index in [1.165, 1.54) is 0 Å². The summed E-state index contributed by atoms with van der Waals surface area (Å²) in [7, 11) is 0. The molecule has 22 heavy (non-hydrogen) atoms. The predicted octanol–water partition coefficient (Wildman–Crippen LogP) is 4.49. The standard InChI is InChI=1S/C18H14ClN3/c19-15-10-6-12-21-18(15)22-17(13-7-2-1-3-8-13)14-9-4-5-11-16(14)20/h1-12H,20H2. The molecule has 0 aliphatic rings. The van der Waals surface area contributed by atoms with Crippen LogP contribution in [-0.2, 0) is 0 Å². The van der Waals surface area contributed by atoms with Gasteiger partial charge in [-0.15, -0.1) is 0 Å². The van der Waals surface area contributed by atoms with E-state index >= 15 is 0 Å². The molecule has 1 aromatic heterocycles. The Labute approximate surface area is 134 Å². The van der Waals surface area contributed by atoms with E-state index < -0.39 is 0 Å². The van der Waals surface area contributed by atoms with Crippen molar-refractivity contribution in [1.82, 2.24) is 4.98 Å². The summed E-state index contributed by atoms with van der Waals surface area (Å²) in [4.78, 5) is 8.89. The van der Waals surface area contributed by atoms with Crippen LogP contribution in [0.3, 0.4) is 0 Å². The van der Waals surface area contributed by atoms with Crippen LogP contribution < -0.4 is 5.73 Å². The molecule has 0 spiro atoms. The molecule has 0 aliphatic heterocycles. The number of hydrogen-bond donors (Lipinski definition) is 1. The zero-order chi connectivity index (χ0) is 15.4. The highest BCUT2D eigenvalue weighted by Crippen LogP contribution is 2.25. The molecule has 1 heterocycles. The fourth-order valence-corrected chi connectivity index (χ4v) is 2.32. The minimum Gasteiger partial charge on any atom is -0.398 e. The molecule has 0 atom stereocenters. The summed E-state index contributed by atoms with van der Waals surface area (Å²) >= 11 is 6.18. The smallest absolute Gasteiger partial charge is 0.171 e. The fraction of sp³-hybridized carbons (Fsp3) is 0. The number of para-hydroxylation sites is 1. The maximum Gasteiger partial charge on any atom is 0.171 e. The van der Waals surface area contributed by atoms with Gasteiger partial charge in [0.1, 0.15) is 0 Å². The van der Waals surface area contributed by atoms with Gasteiger partial charge in [-0.3, -0.25) is 0 Å². The molecule has 2 aromatic carbocycles. The van der Waals surface area contributed by atoms with Crippen LogP contribution in [0.5, 0.6) is 0 Å². The number of aliphatic imine (C=N–C) groups is 1. The number of hydrogen-bond acceptors (Lipinski definition) is 3. The van der Waals surface area contributed by atoms with Crippen molar-refractivity contribution in [2.45, 2.75) is 0 Å². The second kappa shape index (κ2) is 6.41. The highest BCUT2D eigenvalue weighted by atomic mass is 35.5. The van der Waals surface area contributed by atoms with Crippen LogP contribution in [0.4, 0.5) is 11.5 Å². The van der Waals surface area contributed by atoms with E-state index in [9.17, 15) is 0 Å². The van der Waals surface area contributed by atoms with Crippen molar-refractivity contribution in [3.05, 3.63) is 89.1 Å². The molecule has 3 rings (SSSR count). The fourth-order valence-electron chi connectivity index (χ4n) is 2.15. The summed E-state index contributed by atoms with van der Waals surface area (Å²) in [5, 5.41) is 0.505. The van der Waals surface area contributed by atoms with E-state index in [0.717, 1.165) is 16.8 Å². The minimum absolute atomic E-state index is 0.478. The molecule has 108 valence electrons. The maximum absolute atomic E-state index is 6.18. The third-order valence-electron chi connectivity index (χ3n) is 3.22. The maximum atomic E-state index is 6.18. The Balaban J connectivity index is 2.21. The molecule has 0 radical (unpaired) electrons. The number of anilines is 1. The first kappa shape index (κ1) is 14.3. The molecule has 4 heteroatoms. The van der Waals surface area contributed by atoms with Gasteiger partial charge in [0.05, 0.1) is 10.7 Å². The van der Waals surface area contributed by atoms with Crippen LogP contribution in [-0.4, -0.2) is 10.7 Å². The highest BCUT2D eigenvalue weighted by molar-refractivity contribution is 6.33. The van der Waals surface area contributed by atoms with Crippen LogP contribution in [0.1, 0.15) is 11.1 Å². The minimum atomic E-state index is 0.478. The Morgan fingerprint density at radius 2 is 1.64 bits per heavy atom. The summed E-state index contributed by atoms with van der Waals surface area (Å²) in [5.74, 6) is 0.478. The van der Waals surface area contributed by atoms with Gasteiger partial charge in [-0.25, -0.2) is 9.98 Å². The van der Waals surface area contributed by atoms with E-state index in [1.807, 2.05) is 54.6 Å². The Morgan fingerprint density at radius 1 is 0.909 bits per heavy atom. The van der Waals surface area contributed by atoms with Crippen molar-refractivity contribution >= 4 is 28.8 Å². The van der Waals surface area contributed by atoms with Gasteiger partial charge in [-0.05, 0) is 18.2 Å². The van der Waals surface area contributed by atoms with Crippen LogP contribution in [0.2, 0.25) is 5.02 Å². The van der Waals surface area contributed by atoms with E-state index in [-0.39, 0.29) is 0 Å². The van der Waals surface area contributed by atoms with Crippen molar-refractivity contribution in [3.8, 4) is 0 Å². The first-order valence-corrected chi connectivity index (χ1v) is 7.23. The predicted molar refractivity (Wildman–Crippen MR) is 91.8 cm³/mol. The average Bonchev–Trinajstić information content (AvgIpc) is 2.56. The Morgan fingerprint density at radius 3 is 2.36 bits per heavy atom. The summed E-state index contributed by atoms with van der Waals surface area (Å²) in [5.41, 5.74) is 9.35. The Hall–Kier alpha value is -2.65. The van der Waals surface area contributed by atoms with Crippen LogP contribution >= 0.6 is 11.6 Å². The van der Waals surface area contributed by atoms with Gasteiger partial charge in [0, 0.05) is 23.0 Å². The number of halogens is 1. The molecule has 3 nitrogen and oxygen atoms in total. The Kier molecular flexibility index (Phi) is 4.17. The molecule has 0 amide bonds. The van der Waals surface area contributed by atoms with Crippen LogP contribution in [0.25, 0.3) is 0 Å². The van der Waals surface area contributed by atoms with Gasteiger partial charge < -0.3 is 5.73 Å². The molecular formula is C18H14ClN3. The topological polar surface area (TPSA) is 51.3 Å². The lowest BCUT2D eigenvalue weighted by molar-refractivity contribution is 1.27. The van der Waals surface area contributed by atoms with Crippen molar-refractivity contribution < 1.29 is 0 Å². The zero-order valence-corrected chi connectivity index (χ0v) is 12.5. The summed E-state index contributed by atoms with van der Waals surface area (Å²) < 4.78 is 0. The largest absolute Gasteiger partial charge is 0.398 e. The first-order valence-electron chi connectivity index (χ1n) is 6.85. The molecule has 0 fully saturated rings. The zero-order valence-electron chi connectivity index (χ0n) is 11.8. The number of rotatable bonds is 3. The lowest BCUT2D eigenvalue weighted by Gasteiger charge is -2.10. The molecule has 2 N–H and O–H groups in total. The number of benzene rings is 2. The van der Waals surface area contributed by atoms with E-state index in [4.69, 9.17) is 17.3 Å². The normalized spacial score (nSPS) is 11.4. The van der Waals surface area contributed by atoms with Crippen molar-refractivity contribution in [2.24, 2.45) is 4.99 Å². The summed E-state index contributed by atoms with van der Waals surface area (Å²) in [6.45, 7) is 0. The van der Waals surface area contributed by atoms with Gasteiger partial charge in [-0.2, -0.15) is 0 Å². The van der Waals surface area contributed by atoms with Crippen molar-refractivity contribution in [1.29, 1.82) is 0 Å². The van der Waals surface area contributed by atoms with E-state index in [1.54, 1.807) is 18.3 Å². The lowest BCUT2D eigenvalue weighted by atomic mass is 10.0. The number of nitrogen functional groups attached to an aromatic ring is 1. The van der Waals surface area contributed by atoms with Crippen LogP contribution in [0.15, 0.2) is 77.9 Å². The summed E-state index contributed by atoms with van der Waals surface area (Å²) in [6.07, 6.45) is 1.67. The molecule has 0 aliphatic carbocycles. The molecule has 0 unspecified atom stereocenters. The Bertz CT molecular complexity index is 813. The van der Waals surface area contributed by atoms with Crippen molar-refractivity contribution in [2.75, 3.05) is 5.73 Å². The monoisotopic (exact) mass is 307 g/mol. The van der Waals surface area contributed by atoms with Gasteiger partial charge in [0.2, 0.25) is 0 Å². The third-order valence-corrected chi connectivity index (χ3v) is 3.51. The quantitative estimate of drug-likeness (QED) is 0.572. The molecule has 3 aromatic rings. The molecular weight excluding hydrogens is 294 g/mol.